The van der Waals surface area contributed by atoms with Crippen LogP contribution in [0, 0.1) is 0 Å². The average molecular weight is 653 g/mol. The number of unbranched alkanes of at least 4 members (excludes halogenated alkanes) is 9. The van der Waals surface area contributed by atoms with Gasteiger partial charge >= 0.3 is 5.87 Å². The van der Waals surface area contributed by atoms with Crippen LogP contribution in [0.5, 0.6) is 0 Å². The van der Waals surface area contributed by atoms with E-state index in [0.717, 1.165) is 63.4 Å². The van der Waals surface area contributed by atoms with Crippen molar-refractivity contribution < 1.29 is 4.79 Å². The topological polar surface area (TPSA) is 36.4 Å². The van der Waals surface area contributed by atoms with Crippen molar-refractivity contribution in [3.63, 3.8) is 0 Å². The van der Waals surface area contributed by atoms with Crippen LogP contribution in [-0.4, -0.2) is 10.7 Å². The zero-order valence-corrected chi connectivity index (χ0v) is 32.5. The Bertz CT molecular complexity index is 1260. The third kappa shape index (κ3) is 14.1. The highest BCUT2D eigenvalue weighted by atomic mass is 14.8. The van der Waals surface area contributed by atoms with Gasteiger partial charge in [-0.15, -0.1) is 4.79 Å². The van der Waals surface area contributed by atoms with Crippen LogP contribution in [0.3, 0.4) is 0 Å². The lowest BCUT2D eigenvalue weighted by molar-refractivity contribution is 0.00746. The highest BCUT2D eigenvalue weighted by Crippen LogP contribution is 2.35. The Balaban J connectivity index is 2.96. The molecule has 0 aromatic heterocycles. The van der Waals surface area contributed by atoms with Gasteiger partial charge in [-0.2, -0.15) is 0 Å². The molecular weight excluding hydrogens is 581 g/mol. The number of rotatable bonds is 26. The summed E-state index contributed by atoms with van der Waals surface area (Å²) in [5, 5.41) is 0. The van der Waals surface area contributed by atoms with Gasteiger partial charge in [0.05, 0.1) is 5.57 Å². The Morgan fingerprint density at radius 3 is 1.35 bits per heavy atom. The van der Waals surface area contributed by atoms with Crippen LogP contribution in [-0.2, 0) is 38.5 Å². The molecule has 0 spiro atoms. The number of allylic oxidation sites excluding steroid dienone is 2. The third-order valence-corrected chi connectivity index (χ3v) is 9.97. The van der Waals surface area contributed by atoms with Crippen LogP contribution in [0.2, 0.25) is 0 Å². The molecule has 0 N–H and O–H groups in total. The van der Waals surface area contributed by atoms with E-state index in [9.17, 15) is 5.53 Å². The van der Waals surface area contributed by atoms with Crippen LogP contribution in [0.1, 0.15) is 202 Å². The standard InChI is InChI=1S/C46H72N2/c1-8-15-19-23-27-37(36-48-47)31-46(42-32-38(24-12-5)44(26-14-7)39(33-42)25-13-6)43-34-40(28-20-16-9-2)45(30-22-18-11-4)41(35-43)29-21-17-10-3/h31-35H,8-30H2,1-7H3. The number of hydrogen-bond donors (Lipinski definition) is 0. The van der Waals surface area contributed by atoms with Gasteiger partial charge in [-0.05, 0) is 127 Å². The molecule has 0 aliphatic heterocycles. The van der Waals surface area contributed by atoms with Crippen molar-refractivity contribution in [2.24, 2.45) is 0 Å². The average Bonchev–Trinajstić information content (AvgIpc) is 3.08. The van der Waals surface area contributed by atoms with Gasteiger partial charge in [0, 0.05) is 0 Å². The first-order valence-corrected chi connectivity index (χ1v) is 20.5. The second-order valence-electron chi connectivity index (χ2n) is 14.3. The first-order valence-electron chi connectivity index (χ1n) is 20.5. The monoisotopic (exact) mass is 653 g/mol. The summed E-state index contributed by atoms with van der Waals surface area (Å²) in [6.07, 6.45) is 29.7. The maximum atomic E-state index is 9.75. The molecule has 2 aromatic rings. The summed E-state index contributed by atoms with van der Waals surface area (Å²) in [7, 11) is 0. The minimum absolute atomic E-state index is 0.882. The number of nitrogens with zero attached hydrogens (tertiary/aromatic N) is 2. The molecule has 0 saturated heterocycles. The molecule has 0 bridgehead atoms. The van der Waals surface area contributed by atoms with Gasteiger partial charge < -0.3 is 5.53 Å². The molecular formula is C46H72N2. The van der Waals surface area contributed by atoms with E-state index in [1.54, 1.807) is 22.3 Å². The maximum Gasteiger partial charge on any atom is 0.303 e. The van der Waals surface area contributed by atoms with E-state index in [4.69, 9.17) is 0 Å². The van der Waals surface area contributed by atoms with Gasteiger partial charge in [-0.25, -0.2) is 0 Å². The Labute approximate surface area is 297 Å². The van der Waals surface area contributed by atoms with Crippen LogP contribution in [0.25, 0.3) is 11.1 Å². The quantitative estimate of drug-likeness (QED) is 0.0319. The molecule has 0 unspecified atom stereocenters. The van der Waals surface area contributed by atoms with Crippen molar-refractivity contribution in [1.29, 1.82) is 0 Å². The molecule has 266 valence electrons. The van der Waals surface area contributed by atoms with Crippen LogP contribution in [0.4, 0.5) is 0 Å². The van der Waals surface area contributed by atoms with Crippen molar-refractivity contribution >= 4 is 11.4 Å². The first-order chi connectivity index (χ1) is 23.5. The lowest BCUT2D eigenvalue weighted by atomic mass is 9.83. The van der Waals surface area contributed by atoms with Crippen molar-refractivity contribution in [1.82, 2.24) is 0 Å². The molecule has 0 aliphatic rings. The number of benzene rings is 2. The molecule has 2 aromatic carbocycles. The van der Waals surface area contributed by atoms with Crippen LogP contribution >= 0.6 is 0 Å². The summed E-state index contributed by atoms with van der Waals surface area (Å²) in [4.78, 5) is 3.47. The van der Waals surface area contributed by atoms with E-state index in [0.29, 0.717) is 0 Å². The van der Waals surface area contributed by atoms with Crippen LogP contribution < -0.4 is 0 Å². The SMILES string of the molecule is CCCCCCC(=C=[N+]=[N-])C=C(c1cc(CCC)c(CCC)c(CCC)c1)c1cc(CCCCC)c(CCCCC)c(CCCCC)c1. The first kappa shape index (κ1) is 41.5. The van der Waals surface area contributed by atoms with Gasteiger partial charge in [-0.1, -0.05) is 150 Å². The van der Waals surface area contributed by atoms with E-state index in [1.807, 2.05) is 0 Å². The van der Waals surface area contributed by atoms with Crippen molar-refractivity contribution in [3.8, 4) is 0 Å². The van der Waals surface area contributed by atoms with Gasteiger partial charge in [0.1, 0.15) is 0 Å². The number of hydrogen-bond acceptors (Lipinski definition) is 0. The normalized spacial score (nSPS) is 11.5. The zero-order chi connectivity index (χ0) is 35.0. The fourth-order valence-electron chi connectivity index (χ4n) is 7.39. The Morgan fingerprint density at radius 1 is 0.500 bits per heavy atom. The van der Waals surface area contributed by atoms with Gasteiger partial charge in [0.25, 0.3) is 0 Å². The van der Waals surface area contributed by atoms with E-state index >= 15 is 0 Å². The maximum absolute atomic E-state index is 9.75. The molecule has 0 aliphatic carbocycles. The van der Waals surface area contributed by atoms with Crippen molar-refractivity contribution in [2.45, 2.75) is 196 Å². The summed E-state index contributed by atoms with van der Waals surface area (Å²) in [5.41, 5.74) is 24.1. The molecule has 0 fully saturated rings. The summed E-state index contributed by atoms with van der Waals surface area (Å²) in [6.45, 7) is 16.2. The Kier molecular flexibility index (Phi) is 21.9. The molecule has 2 rings (SSSR count). The third-order valence-electron chi connectivity index (χ3n) is 9.97. The fraction of sp³-hybridized carbons (Fsp3) is 0.652. The smallest absolute Gasteiger partial charge is 0.303 e. The molecule has 0 heterocycles. The lowest BCUT2D eigenvalue weighted by Gasteiger charge is -2.22. The van der Waals surface area contributed by atoms with E-state index < -0.39 is 0 Å². The zero-order valence-electron chi connectivity index (χ0n) is 32.5. The van der Waals surface area contributed by atoms with Gasteiger partial charge in [0.15, 0.2) is 0 Å². The number of aryl methyl sites for hydroxylation is 4. The largest absolute Gasteiger partial charge is 0.348 e. The summed E-state index contributed by atoms with van der Waals surface area (Å²) in [5.74, 6) is 3.02. The summed E-state index contributed by atoms with van der Waals surface area (Å²) < 4.78 is 0. The second kappa shape index (κ2) is 25.3. The Morgan fingerprint density at radius 2 is 0.917 bits per heavy atom. The predicted octanol–water partition coefficient (Wildman–Crippen LogP) is 14.0. The lowest BCUT2D eigenvalue weighted by Crippen LogP contribution is -2.06. The van der Waals surface area contributed by atoms with E-state index in [-0.39, 0.29) is 0 Å². The molecule has 2 nitrogen and oxygen atoms in total. The van der Waals surface area contributed by atoms with Crippen molar-refractivity contribution in [3.05, 3.63) is 86.0 Å². The van der Waals surface area contributed by atoms with E-state index in [2.05, 4.69) is 89.5 Å². The van der Waals surface area contributed by atoms with Crippen LogP contribution in [0.15, 0.2) is 35.9 Å². The van der Waals surface area contributed by atoms with E-state index in [1.165, 1.54) is 118 Å². The minimum Gasteiger partial charge on any atom is -0.348 e. The van der Waals surface area contributed by atoms with Gasteiger partial charge in [0.2, 0.25) is 0 Å². The summed E-state index contributed by atoms with van der Waals surface area (Å²) in [6, 6.07) is 10.2. The van der Waals surface area contributed by atoms with Gasteiger partial charge in [-0.3, -0.25) is 0 Å². The molecule has 0 amide bonds. The predicted molar refractivity (Wildman–Crippen MR) is 213 cm³/mol. The minimum atomic E-state index is 0.882. The summed E-state index contributed by atoms with van der Waals surface area (Å²) >= 11 is 0. The Hall–Kier alpha value is -2.66. The fourth-order valence-corrected chi connectivity index (χ4v) is 7.39. The highest BCUT2D eigenvalue weighted by Gasteiger charge is 2.18. The molecule has 0 atom stereocenters. The molecule has 48 heavy (non-hydrogen) atoms. The molecule has 2 heteroatoms. The molecule has 0 radical (unpaired) electrons. The highest BCUT2D eigenvalue weighted by molar-refractivity contribution is 5.85. The van der Waals surface area contributed by atoms with Crippen molar-refractivity contribution in [2.75, 3.05) is 0 Å². The molecule has 0 saturated carbocycles. The second-order valence-corrected chi connectivity index (χ2v) is 14.3.